The molecule has 23 heavy (non-hydrogen) atoms. The van der Waals surface area contributed by atoms with E-state index >= 15 is 0 Å². The molecule has 118 valence electrons. The second-order valence-electron chi connectivity index (χ2n) is 6.89. The average Bonchev–Trinajstić information content (AvgIpc) is 3.13. The van der Waals surface area contributed by atoms with E-state index in [1.54, 1.807) is 0 Å². The first-order chi connectivity index (χ1) is 10.9. The van der Waals surface area contributed by atoms with E-state index in [1.807, 2.05) is 25.1 Å². The van der Waals surface area contributed by atoms with Crippen LogP contribution in [0.15, 0.2) is 46.0 Å². The Hall–Kier alpha value is -1.68. The molecule has 0 aromatic heterocycles. The molecule has 1 aliphatic heterocycles. The molecule has 0 spiro atoms. The Kier molecular flexibility index (Phi) is 3.17. The number of fused-ring (bicyclic) bond motifs is 5. The quantitative estimate of drug-likeness (QED) is 0.552. The minimum Gasteiger partial charge on any atom is -0.274 e. The Morgan fingerprint density at radius 1 is 1.04 bits per heavy atom. The predicted octanol–water partition coefficient (Wildman–Crippen LogP) is 4.02. The number of hydrogen-bond donors (Lipinski definition) is 0. The fraction of sp³-hybridized carbons (Fsp3) is 0.368. The summed E-state index contributed by atoms with van der Waals surface area (Å²) >= 11 is 3.49. The minimum absolute atomic E-state index is 0.0497. The van der Waals surface area contributed by atoms with Crippen LogP contribution >= 0.6 is 15.9 Å². The number of benzene rings is 1. The van der Waals surface area contributed by atoms with Crippen LogP contribution in [-0.4, -0.2) is 11.8 Å². The van der Waals surface area contributed by atoms with Gasteiger partial charge in [0.25, 0.3) is 0 Å². The second-order valence-corrected chi connectivity index (χ2v) is 7.74. The van der Waals surface area contributed by atoms with E-state index in [1.165, 1.54) is 16.0 Å². The van der Waals surface area contributed by atoms with Gasteiger partial charge in [-0.2, -0.15) is 0 Å². The van der Waals surface area contributed by atoms with Gasteiger partial charge >= 0.3 is 0 Å². The Bertz CT molecular complexity index is 770. The van der Waals surface area contributed by atoms with Crippen molar-refractivity contribution in [3.63, 3.8) is 0 Å². The summed E-state index contributed by atoms with van der Waals surface area (Å²) in [6.45, 7) is 6.14. The highest BCUT2D eigenvalue weighted by molar-refractivity contribution is 9.10. The number of hydrogen-bond acceptors (Lipinski definition) is 2. The van der Waals surface area contributed by atoms with Gasteiger partial charge in [-0.05, 0) is 38.5 Å². The highest BCUT2D eigenvalue weighted by Crippen LogP contribution is 2.57. The summed E-state index contributed by atoms with van der Waals surface area (Å²) in [5.74, 6) is -0.335. The molecule has 4 atom stereocenters. The zero-order chi connectivity index (χ0) is 16.5. The molecule has 4 rings (SSSR count). The van der Waals surface area contributed by atoms with Crippen LogP contribution in [0, 0.1) is 30.6 Å². The molecule has 2 fully saturated rings. The van der Waals surface area contributed by atoms with Crippen LogP contribution in [0.25, 0.3) is 0 Å². The topological polar surface area (TPSA) is 37.4 Å². The van der Waals surface area contributed by atoms with Crippen molar-refractivity contribution >= 4 is 33.4 Å². The SMILES string of the molecule is CC(C)=C1[C@H]2C=C[C@@H]1[C@@H]1C(=O)N(c3ccc(C)c(Br)c3)C(=O)[C@@H]12. The van der Waals surface area contributed by atoms with Crippen LogP contribution in [0.3, 0.4) is 0 Å². The van der Waals surface area contributed by atoms with Gasteiger partial charge in [0.1, 0.15) is 0 Å². The molecule has 0 radical (unpaired) electrons. The second kappa shape index (κ2) is 4.91. The van der Waals surface area contributed by atoms with Crippen molar-refractivity contribution in [2.45, 2.75) is 20.8 Å². The van der Waals surface area contributed by atoms with Crippen LogP contribution in [0.4, 0.5) is 5.69 Å². The van der Waals surface area contributed by atoms with E-state index in [0.29, 0.717) is 5.69 Å². The van der Waals surface area contributed by atoms with Crippen molar-refractivity contribution in [1.82, 2.24) is 0 Å². The molecule has 1 aromatic rings. The Balaban J connectivity index is 1.77. The van der Waals surface area contributed by atoms with Crippen LogP contribution in [-0.2, 0) is 9.59 Å². The molecule has 1 heterocycles. The molecular weight excluding hydrogens is 354 g/mol. The number of nitrogens with zero attached hydrogens (tertiary/aromatic N) is 1. The minimum atomic E-state index is -0.220. The van der Waals surface area contributed by atoms with Crippen LogP contribution in [0.1, 0.15) is 19.4 Å². The highest BCUT2D eigenvalue weighted by Gasteiger charge is 2.61. The van der Waals surface area contributed by atoms with Crippen molar-refractivity contribution < 1.29 is 9.59 Å². The molecule has 0 N–H and O–H groups in total. The lowest BCUT2D eigenvalue weighted by molar-refractivity contribution is -0.122. The summed E-state index contributed by atoms with van der Waals surface area (Å²) in [7, 11) is 0. The Labute approximate surface area is 144 Å². The number of carbonyl (C=O) groups excluding carboxylic acids is 2. The number of rotatable bonds is 1. The maximum absolute atomic E-state index is 13.0. The van der Waals surface area contributed by atoms with Crippen molar-refractivity contribution in [1.29, 1.82) is 0 Å². The van der Waals surface area contributed by atoms with Crippen molar-refractivity contribution in [2.24, 2.45) is 23.7 Å². The van der Waals surface area contributed by atoms with Crippen LogP contribution < -0.4 is 4.90 Å². The maximum Gasteiger partial charge on any atom is 0.238 e. The highest BCUT2D eigenvalue weighted by atomic mass is 79.9. The molecule has 4 heteroatoms. The van der Waals surface area contributed by atoms with E-state index in [4.69, 9.17) is 0 Å². The van der Waals surface area contributed by atoms with E-state index < -0.39 is 0 Å². The third-order valence-corrected chi connectivity index (χ3v) is 6.26. The molecule has 2 bridgehead atoms. The van der Waals surface area contributed by atoms with Gasteiger partial charge in [0.05, 0.1) is 17.5 Å². The molecule has 2 amide bonds. The number of allylic oxidation sites excluding steroid dienone is 4. The summed E-state index contributed by atoms with van der Waals surface area (Å²) in [4.78, 5) is 27.4. The molecule has 2 aliphatic carbocycles. The van der Waals surface area contributed by atoms with Crippen molar-refractivity contribution in [2.75, 3.05) is 4.90 Å². The number of halogens is 1. The fourth-order valence-corrected chi connectivity index (χ4v) is 4.77. The number of carbonyl (C=O) groups is 2. The molecule has 3 nitrogen and oxygen atoms in total. The first-order valence-corrected chi connectivity index (χ1v) is 8.70. The van der Waals surface area contributed by atoms with Crippen LogP contribution in [0.5, 0.6) is 0 Å². The Morgan fingerprint density at radius 2 is 1.61 bits per heavy atom. The standard InChI is InChI=1S/C19H18BrNO2/c1-9(2)15-12-6-7-13(15)17-16(12)18(22)21(19(17)23)11-5-4-10(3)14(20)8-11/h4-8,12-13,16-17H,1-3H3/t12-,13+,16-,17+. The van der Waals surface area contributed by atoms with Gasteiger partial charge in [-0.15, -0.1) is 0 Å². The average molecular weight is 372 g/mol. The van der Waals surface area contributed by atoms with Gasteiger partial charge < -0.3 is 0 Å². The van der Waals surface area contributed by atoms with Gasteiger partial charge in [0, 0.05) is 16.3 Å². The lowest BCUT2D eigenvalue weighted by atomic mass is 9.85. The van der Waals surface area contributed by atoms with Gasteiger partial charge in [0.15, 0.2) is 0 Å². The largest absolute Gasteiger partial charge is 0.274 e. The molecule has 1 aromatic carbocycles. The molecular formula is C19H18BrNO2. The molecule has 0 unspecified atom stereocenters. The summed E-state index contributed by atoms with van der Waals surface area (Å²) in [6, 6.07) is 5.65. The zero-order valence-electron chi connectivity index (χ0n) is 13.3. The smallest absolute Gasteiger partial charge is 0.238 e. The number of aryl methyl sites for hydroxylation is 1. The first kappa shape index (κ1) is 14.9. The monoisotopic (exact) mass is 371 g/mol. The third-order valence-electron chi connectivity index (χ3n) is 5.41. The normalized spacial score (nSPS) is 31.3. The summed E-state index contributed by atoms with van der Waals surface area (Å²) < 4.78 is 0.916. The zero-order valence-corrected chi connectivity index (χ0v) is 14.9. The molecule has 1 saturated heterocycles. The molecule has 3 aliphatic rings. The number of amides is 2. The lowest BCUT2D eigenvalue weighted by Gasteiger charge is -2.19. The van der Waals surface area contributed by atoms with E-state index in [2.05, 4.69) is 41.9 Å². The van der Waals surface area contributed by atoms with E-state index in [0.717, 1.165) is 10.0 Å². The van der Waals surface area contributed by atoms with Gasteiger partial charge in [-0.1, -0.05) is 45.3 Å². The summed E-state index contributed by atoms with van der Waals surface area (Å²) in [5, 5.41) is 0. The number of imide groups is 1. The van der Waals surface area contributed by atoms with E-state index in [9.17, 15) is 9.59 Å². The van der Waals surface area contributed by atoms with Gasteiger partial charge in [-0.25, -0.2) is 4.90 Å². The van der Waals surface area contributed by atoms with Crippen LogP contribution in [0.2, 0.25) is 0 Å². The number of anilines is 1. The third kappa shape index (κ3) is 1.87. The van der Waals surface area contributed by atoms with Crippen molar-refractivity contribution in [3.8, 4) is 0 Å². The maximum atomic E-state index is 13.0. The predicted molar refractivity (Wildman–Crippen MR) is 92.8 cm³/mol. The first-order valence-electron chi connectivity index (χ1n) is 7.91. The molecule has 1 saturated carbocycles. The van der Waals surface area contributed by atoms with Crippen molar-refractivity contribution in [3.05, 3.63) is 51.5 Å². The summed E-state index contributed by atoms with van der Waals surface area (Å²) in [6.07, 6.45) is 4.24. The lowest BCUT2D eigenvalue weighted by Crippen LogP contribution is -2.33. The van der Waals surface area contributed by atoms with Gasteiger partial charge in [0.2, 0.25) is 11.8 Å². The van der Waals surface area contributed by atoms with Gasteiger partial charge in [-0.3, -0.25) is 9.59 Å². The fourth-order valence-electron chi connectivity index (χ4n) is 4.41. The summed E-state index contributed by atoms with van der Waals surface area (Å²) in [5.41, 5.74) is 4.28. The van der Waals surface area contributed by atoms with E-state index in [-0.39, 0.29) is 35.5 Å². The Morgan fingerprint density at radius 3 is 2.09 bits per heavy atom.